The van der Waals surface area contributed by atoms with Gasteiger partial charge in [-0.2, -0.15) is 13.2 Å². The van der Waals surface area contributed by atoms with Gasteiger partial charge in [0, 0.05) is 5.56 Å². The predicted octanol–water partition coefficient (Wildman–Crippen LogP) is 4.47. The van der Waals surface area contributed by atoms with E-state index in [1.54, 1.807) is 13.8 Å². The first-order valence-electron chi connectivity index (χ1n) is 6.30. The van der Waals surface area contributed by atoms with E-state index in [0.717, 1.165) is 18.2 Å². The molecule has 0 N–H and O–H groups in total. The highest BCUT2D eigenvalue weighted by Gasteiger charge is 2.36. The van der Waals surface area contributed by atoms with Crippen LogP contribution >= 0.6 is 0 Å². The molecular formula is C15H16F4O2. The van der Waals surface area contributed by atoms with Gasteiger partial charge in [0.1, 0.15) is 0 Å². The van der Waals surface area contributed by atoms with Crippen LogP contribution in [-0.2, 0) is 15.7 Å². The number of hydrogen-bond donors (Lipinski definition) is 0. The van der Waals surface area contributed by atoms with Gasteiger partial charge in [-0.3, -0.25) is 0 Å². The Labute approximate surface area is 120 Å². The highest BCUT2D eigenvalue weighted by Crippen LogP contribution is 2.37. The SMILES string of the molecule is C=C(C(=O)OCC(C)C)C(F)c1ccccc1C(F)(F)F. The number of hydrogen-bond acceptors (Lipinski definition) is 2. The Bertz CT molecular complexity index is 521. The van der Waals surface area contributed by atoms with Crippen LogP contribution in [0.3, 0.4) is 0 Å². The van der Waals surface area contributed by atoms with Crippen molar-refractivity contribution in [3.05, 3.63) is 47.5 Å². The van der Waals surface area contributed by atoms with Gasteiger partial charge in [-0.05, 0) is 12.0 Å². The Morgan fingerprint density at radius 2 is 1.86 bits per heavy atom. The predicted molar refractivity (Wildman–Crippen MR) is 70.2 cm³/mol. The fraction of sp³-hybridized carbons (Fsp3) is 0.400. The molecule has 0 fully saturated rings. The topological polar surface area (TPSA) is 26.3 Å². The first-order valence-corrected chi connectivity index (χ1v) is 6.30. The molecule has 0 heterocycles. The lowest BCUT2D eigenvalue weighted by atomic mass is 9.98. The second kappa shape index (κ2) is 6.74. The molecule has 0 spiro atoms. The number of benzene rings is 1. The van der Waals surface area contributed by atoms with Crippen LogP contribution in [0.4, 0.5) is 17.6 Å². The first kappa shape index (κ1) is 17.2. The van der Waals surface area contributed by atoms with Crippen molar-refractivity contribution in [2.24, 2.45) is 5.92 Å². The molecule has 0 amide bonds. The Kier molecular flexibility index (Phi) is 5.52. The molecule has 1 atom stereocenters. The molecular weight excluding hydrogens is 288 g/mol. The average molecular weight is 304 g/mol. The summed E-state index contributed by atoms with van der Waals surface area (Å²) in [6.45, 7) is 6.82. The summed E-state index contributed by atoms with van der Waals surface area (Å²) in [4.78, 5) is 11.6. The van der Waals surface area contributed by atoms with E-state index in [4.69, 9.17) is 4.74 Å². The maximum absolute atomic E-state index is 14.2. The molecule has 0 aliphatic heterocycles. The van der Waals surface area contributed by atoms with Crippen LogP contribution in [0.2, 0.25) is 0 Å². The van der Waals surface area contributed by atoms with Gasteiger partial charge in [-0.1, -0.05) is 38.6 Å². The molecule has 1 unspecified atom stereocenters. The van der Waals surface area contributed by atoms with Crippen LogP contribution < -0.4 is 0 Å². The normalized spacial score (nSPS) is 13.1. The zero-order chi connectivity index (χ0) is 16.2. The minimum absolute atomic E-state index is 0.0299. The lowest BCUT2D eigenvalue weighted by Crippen LogP contribution is -2.17. The molecule has 1 rings (SSSR count). The fourth-order valence-electron chi connectivity index (χ4n) is 1.60. The third-order valence-electron chi connectivity index (χ3n) is 2.66. The molecule has 21 heavy (non-hydrogen) atoms. The first-order chi connectivity index (χ1) is 9.64. The number of ether oxygens (including phenoxy) is 1. The van der Waals surface area contributed by atoms with Gasteiger partial charge < -0.3 is 4.74 Å². The van der Waals surface area contributed by atoms with Crippen LogP contribution in [0.15, 0.2) is 36.4 Å². The molecule has 1 aromatic carbocycles. The number of alkyl halides is 4. The second-order valence-corrected chi connectivity index (χ2v) is 4.97. The highest BCUT2D eigenvalue weighted by atomic mass is 19.4. The smallest absolute Gasteiger partial charge is 0.416 e. The maximum Gasteiger partial charge on any atom is 0.416 e. The zero-order valence-electron chi connectivity index (χ0n) is 11.7. The summed E-state index contributed by atoms with van der Waals surface area (Å²) < 4.78 is 57.4. The van der Waals surface area contributed by atoms with Crippen molar-refractivity contribution in [2.45, 2.75) is 26.2 Å². The van der Waals surface area contributed by atoms with E-state index in [9.17, 15) is 22.4 Å². The number of carbonyl (C=O) groups is 1. The van der Waals surface area contributed by atoms with Crippen molar-refractivity contribution in [1.29, 1.82) is 0 Å². The molecule has 0 aliphatic rings. The quantitative estimate of drug-likeness (QED) is 0.456. The van der Waals surface area contributed by atoms with Crippen molar-refractivity contribution in [3.8, 4) is 0 Å². The summed E-state index contributed by atoms with van der Waals surface area (Å²) in [7, 11) is 0. The summed E-state index contributed by atoms with van der Waals surface area (Å²) in [5, 5.41) is 0. The molecule has 0 aromatic heterocycles. The van der Waals surface area contributed by atoms with E-state index in [1.807, 2.05) is 0 Å². The molecule has 0 aliphatic carbocycles. The molecule has 6 heteroatoms. The van der Waals surface area contributed by atoms with Crippen LogP contribution in [-0.4, -0.2) is 12.6 Å². The zero-order valence-corrected chi connectivity index (χ0v) is 11.7. The number of carbonyl (C=O) groups excluding carboxylic acids is 1. The Hall–Kier alpha value is -1.85. The molecule has 0 bridgehead atoms. The van der Waals surface area contributed by atoms with E-state index in [1.165, 1.54) is 6.07 Å². The largest absolute Gasteiger partial charge is 0.462 e. The van der Waals surface area contributed by atoms with Crippen molar-refractivity contribution >= 4 is 5.97 Å². The van der Waals surface area contributed by atoms with Crippen molar-refractivity contribution in [2.75, 3.05) is 6.61 Å². The summed E-state index contributed by atoms with van der Waals surface area (Å²) >= 11 is 0. The Morgan fingerprint density at radius 3 is 2.38 bits per heavy atom. The summed E-state index contributed by atoms with van der Waals surface area (Å²) in [5.41, 5.74) is -2.42. The summed E-state index contributed by atoms with van der Waals surface area (Å²) in [6.07, 6.45) is -6.97. The minimum Gasteiger partial charge on any atom is -0.462 e. The molecule has 116 valence electrons. The fourth-order valence-corrected chi connectivity index (χ4v) is 1.60. The van der Waals surface area contributed by atoms with Gasteiger partial charge in [0.05, 0.1) is 17.7 Å². The van der Waals surface area contributed by atoms with Gasteiger partial charge in [-0.15, -0.1) is 0 Å². The van der Waals surface area contributed by atoms with E-state index in [-0.39, 0.29) is 12.5 Å². The lowest BCUT2D eigenvalue weighted by molar-refractivity contribution is -0.142. The van der Waals surface area contributed by atoms with E-state index < -0.39 is 35.0 Å². The molecule has 1 aromatic rings. The maximum atomic E-state index is 14.2. The van der Waals surface area contributed by atoms with E-state index in [2.05, 4.69) is 6.58 Å². The lowest BCUT2D eigenvalue weighted by Gasteiger charge is -2.17. The molecule has 0 saturated carbocycles. The van der Waals surface area contributed by atoms with Crippen molar-refractivity contribution < 1.29 is 27.1 Å². The minimum atomic E-state index is -4.71. The van der Waals surface area contributed by atoms with Crippen molar-refractivity contribution in [3.63, 3.8) is 0 Å². The van der Waals surface area contributed by atoms with Crippen LogP contribution in [0.25, 0.3) is 0 Å². The highest BCUT2D eigenvalue weighted by molar-refractivity contribution is 5.89. The van der Waals surface area contributed by atoms with Gasteiger partial charge in [0.25, 0.3) is 0 Å². The average Bonchev–Trinajstić information content (AvgIpc) is 2.42. The number of esters is 1. The van der Waals surface area contributed by atoms with Gasteiger partial charge in [-0.25, -0.2) is 9.18 Å². The Morgan fingerprint density at radius 1 is 1.29 bits per heavy atom. The van der Waals surface area contributed by atoms with Gasteiger partial charge >= 0.3 is 12.1 Å². The second-order valence-electron chi connectivity index (χ2n) is 4.97. The summed E-state index contributed by atoms with van der Waals surface area (Å²) in [5.74, 6) is -1.00. The molecule has 0 saturated heterocycles. The van der Waals surface area contributed by atoms with Crippen molar-refractivity contribution in [1.82, 2.24) is 0 Å². The monoisotopic (exact) mass is 304 g/mol. The summed E-state index contributed by atoms with van der Waals surface area (Å²) in [6, 6.07) is 4.16. The number of rotatable bonds is 5. The number of halogens is 4. The van der Waals surface area contributed by atoms with Crippen LogP contribution in [0.1, 0.15) is 31.1 Å². The standard InChI is InChI=1S/C15H16F4O2/c1-9(2)8-21-14(20)10(3)13(16)11-6-4-5-7-12(11)15(17,18)19/h4-7,9,13H,3,8H2,1-2H3. The molecule has 0 radical (unpaired) electrons. The van der Waals surface area contributed by atoms with Crippen LogP contribution in [0, 0.1) is 5.92 Å². The van der Waals surface area contributed by atoms with Crippen LogP contribution in [0.5, 0.6) is 0 Å². The van der Waals surface area contributed by atoms with E-state index in [0.29, 0.717) is 0 Å². The Balaban J connectivity index is 2.96. The third-order valence-corrected chi connectivity index (χ3v) is 2.66. The third kappa shape index (κ3) is 4.58. The van der Waals surface area contributed by atoms with Gasteiger partial charge in [0.15, 0.2) is 6.17 Å². The van der Waals surface area contributed by atoms with E-state index >= 15 is 0 Å². The molecule has 2 nitrogen and oxygen atoms in total. The van der Waals surface area contributed by atoms with Gasteiger partial charge in [0.2, 0.25) is 0 Å².